The predicted octanol–water partition coefficient (Wildman–Crippen LogP) is 3.40. The number of ketones is 1. The number of nitro benzene ring substituents is 1. The third-order valence-corrected chi connectivity index (χ3v) is 6.63. The maximum Gasteiger partial charge on any atom is 0.295 e. The maximum absolute atomic E-state index is 13.2. The number of halogens is 1. The maximum atomic E-state index is 13.2. The largest absolute Gasteiger partial charge is 0.507 e. The summed E-state index contributed by atoms with van der Waals surface area (Å²) in [5.74, 6) is -1.66. The normalized spacial score (nSPS) is 20.1. The van der Waals surface area contributed by atoms with E-state index in [1.54, 1.807) is 6.07 Å². The number of rotatable bonds is 8. The van der Waals surface area contributed by atoms with Crippen LogP contribution in [0.1, 0.15) is 23.6 Å². The summed E-state index contributed by atoms with van der Waals surface area (Å²) in [6.45, 7) is 3.78. The number of likely N-dealkylation sites (tertiary alicyclic amines) is 1. The van der Waals surface area contributed by atoms with Crippen LogP contribution in [0.2, 0.25) is 5.02 Å². The van der Waals surface area contributed by atoms with Crippen molar-refractivity contribution in [3.8, 4) is 5.75 Å². The van der Waals surface area contributed by atoms with Crippen molar-refractivity contribution < 1.29 is 29.1 Å². The molecule has 0 saturated carbocycles. The molecule has 2 aromatic carbocycles. The minimum Gasteiger partial charge on any atom is -0.507 e. The van der Waals surface area contributed by atoms with Gasteiger partial charge in [0.15, 0.2) is 0 Å². The highest BCUT2D eigenvalue weighted by Gasteiger charge is 2.46. The molecule has 0 spiro atoms. The Balaban J connectivity index is 1.73. The Kier molecular flexibility index (Phi) is 7.88. The van der Waals surface area contributed by atoms with E-state index in [0.29, 0.717) is 37.5 Å². The highest BCUT2D eigenvalue weighted by atomic mass is 35.5. The van der Waals surface area contributed by atoms with Crippen LogP contribution in [-0.4, -0.2) is 78.0 Å². The summed E-state index contributed by atoms with van der Waals surface area (Å²) in [5, 5.41) is 22.8. The highest BCUT2D eigenvalue weighted by Crippen LogP contribution is 2.41. The van der Waals surface area contributed by atoms with Crippen molar-refractivity contribution in [3.05, 3.63) is 74.3 Å². The van der Waals surface area contributed by atoms with Crippen LogP contribution in [0.25, 0.3) is 5.76 Å². The number of benzene rings is 2. The molecule has 2 heterocycles. The second-order valence-electron chi connectivity index (χ2n) is 8.50. The number of carbonyl (C=O) groups is 2. The van der Waals surface area contributed by atoms with Crippen LogP contribution in [0, 0.1) is 10.1 Å². The van der Waals surface area contributed by atoms with Gasteiger partial charge in [0.2, 0.25) is 0 Å². The van der Waals surface area contributed by atoms with Crippen molar-refractivity contribution >= 4 is 34.7 Å². The van der Waals surface area contributed by atoms with E-state index in [1.165, 1.54) is 48.4 Å². The van der Waals surface area contributed by atoms with E-state index in [-0.39, 0.29) is 28.4 Å². The Labute approximate surface area is 212 Å². The fraction of sp³-hybridized carbons (Fsp3) is 0.360. The molecule has 1 amide bonds. The Morgan fingerprint density at radius 3 is 2.61 bits per heavy atom. The molecular formula is C25H26ClN3O7. The lowest BCUT2D eigenvalue weighted by atomic mass is 9.95. The quantitative estimate of drug-likeness (QED) is 0.186. The van der Waals surface area contributed by atoms with Crippen LogP contribution in [0.15, 0.2) is 48.0 Å². The number of Topliss-reactive ketones (excluding diaryl/α,β-unsaturated/α-hetero) is 1. The lowest BCUT2D eigenvalue weighted by molar-refractivity contribution is -0.384. The van der Waals surface area contributed by atoms with Crippen LogP contribution in [0.5, 0.6) is 5.75 Å². The minimum atomic E-state index is -0.990. The van der Waals surface area contributed by atoms with E-state index < -0.39 is 28.4 Å². The molecule has 2 saturated heterocycles. The van der Waals surface area contributed by atoms with E-state index in [1.807, 2.05) is 0 Å². The van der Waals surface area contributed by atoms with Crippen LogP contribution >= 0.6 is 11.6 Å². The first-order valence-electron chi connectivity index (χ1n) is 11.5. The molecule has 190 valence electrons. The molecule has 4 rings (SSSR count). The smallest absolute Gasteiger partial charge is 0.295 e. The number of aliphatic hydroxyl groups is 1. The van der Waals surface area contributed by atoms with Crippen molar-refractivity contribution in [2.45, 2.75) is 12.5 Å². The van der Waals surface area contributed by atoms with E-state index >= 15 is 0 Å². The average Bonchev–Trinajstić information content (AvgIpc) is 3.14. The van der Waals surface area contributed by atoms with Crippen LogP contribution in [-0.2, 0) is 14.3 Å². The van der Waals surface area contributed by atoms with Gasteiger partial charge in [-0.25, -0.2) is 0 Å². The molecule has 11 heteroatoms. The van der Waals surface area contributed by atoms with Crippen molar-refractivity contribution in [2.75, 3.05) is 46.5 Å². The zero-order valence-corrected chi connectivity index (χ0v) is 20.4. The van der Waals surface area contributed by atoms with Gasteiger partial charge in [0.25, 0.3) is 17.4 Å². The zero-order valence-electron chi connectivity index (χ0n) is 19.7. The van der Waals surface area contributed by atoms with Gasteiger partial charge in [0.05, 0.1) is 41.9 Å². The molecule has 0 unspecified atom stereocenters. The summed E-state index contributed by atoms with van der Waals surface area (Å²) in [5.41, 5.74) is 0.255. The number of nitrogens with zero attached hydrogens (tertiary/aromatic N) is 3. The van der Waals surface area contributed by atoms with Gasteiger partial charge in [-0.2, -0.15) is 0 Å². The van der Waals surface area contributed by atoms with Crippen molar-refractivity contribution in [3.63, 3.8) is 0 Å². The third kappa shape index (κ3) is 5.20. The van der Waals surface area contributed by atoms with Gasteiger partial charge in [-0.3, -0.25) is 24.6 Å². The van der Waals surface area contributed by atoms with E-state index in [0.717, 1.165) is 13.1 Å². The zero-order chi connectivity index (χ0) is 25.8. The number of hydrogen-bond acceptors (Lipinski definition) is 8. The van der Waals surface area contributed by atoms with Crippen LogP contribution < -0.4 is 4.74 Å². The van der Waals surface area contributed by atoms with Gasteiger partial charge < -0.3 is 19.5 Å². The number of nitro groups is 1. The predicted molar refractivity (Wildman–Crippen MR) is 132 cm³/mol. The van der Waals surface area contributed by atoms with Gasteiger partial charge in [-0.05, 0) is 30.2 Å². The van der Waals surface area contributed by atoms with Crippen molar-refractivity contribution in [2.24, 2.45) is 0 Å². The van der Waals surface area contributed by atoms with Gasteiger partial charge in [-0.15, -0.1) is 0 Å². The molecule has 2 aliphatic rings. The number of amides is 1. The molecule has 2 aliphatic heterocycles. The Bertz CT molecular complexity index is 1210. The summed E-state index contributed by atoms with van der Waals surface area (Å²) >= 11 is 6.22. The second kappa shape index (κ2) is 11.1. The topological polar surface area (TPSA) is 122 Å². The molecule has 0 radical (unpaired) electrons. The van der Waals surface area contributed by atoms with Gasteiger partial charge in [0.1, 0.15) is 11.5 Å². The first-order chi connectivity index (χ1) is 17.3. The first kappa shape index (κ1) is 25.6. The van der Waals surface area contributed by atoms with E-state index in [2.05, 4.69) is 4.90 Å². The number of hydrogen-bond donors (Lipinski definition) is 1. The molecule has 0 aromatic heterocycles. The van der Waals surface area contributed by atoms with E-state index in [9.17, 15) is 24.8 Å². The number of carbonyl (C=O) groups excluding carboxylic acids is 2. The molecule has 0 aliphatic carbocycles. The van der Waals surface area contributed by atoms with Crippen molar-refractivity contribution in [1.29, 1.82) is 0 Å². The van der Waals surface area contributed by atoms with Gasteiger partial charge >= 0.3 is 0 Å². The standard InChI is InChI=1S/C25H26ClN3O7/c1-35-20-7-6-17(15-19(20)26)23(30)21-22(16-4-2-5-18(14-16)29(33)34)28(25(32)24(21)31)9-3-8-27-10-12-36-13-11-27/h2,4-7,14-15,22,30H,3,8-13H2,1H3/b23-21+/t22-/m1/s1. The molecular weight excluding hydrogens is 490 g/mol. The second-order valence-corrected chi connectivity index (χ2v) is 8.91. The SMILES string of the molecule is COc1ccc(/C(O)=C2\C(=O)C(=O)N(CCCN3CCOCC3)[C@@H]2c2cccc([N+](=O)[O-])c2)cc1Cl. The molecule has 2 aromatic rings. The average molecular weight is 516 g/mol. The fourth-order valence-electron chi connectivity index (χ4n) is 4.52. The van der Waals surface area contributed by atoms with Crippen LogP contribution in [0.3, 0.4) is 0 Å². The van der Waals surface area contributed by atoms with Crippen molar-refractivity contribution in [1.82, 2.24) is 9.80 Å². The molecule has 2 fully saturated rings. The molecule has 1 N–H and O–H groups in total. The lowest BCUT2D eigenvalue weighted by Crippen LogP contribution is -2.39. The summed E-state index contributed by atoms with van der Waals surface area (Å²) < 4.78 is 10.5. The molecule has 1 atom stereocenters. The molecule has 36 heavy (non-hydrogen) atoms. The first-order valence-corrected chi connectivity index (χ1v) is 11.9. The number of morpholine rings is 1. The molecule has 0 bridgehead atoms. The summed E-state index contributed by atoms with van der Waals surface area (Å²) in [6, 6.07) is 9.26. The Hall–Kier alpha value is -3.47. The third-order valence-electron chi connectivity index (χ3n) is 6.34. The number of ether oxygens (including phenoxy) is 2. The summed E-state index contributed by atoms with van der Waals surface area (Å²) in [7, 11) is 1.45. The van der Waals surface area contributed by atoms with E-state index in [4.69, 9.17) is 21.1 Å². The number of methoxy groups -OCH3 is 1. The Morgan fingerprint density at radius 1 is 1.19 bits per heavy atom. The number of non-ortho nitro benzene ring substituents is 1. The lowest BCUT2D eigenvalue weighted by Gasteiger charge is -2.29. The molecule has 10 nitrogen and oxygen atoms in total. The summed E-state index contributed by atoms with van der Waals surface area (Å²) in [4.78, 5) is 40.8. The highest BCUT2D eigenvalue weighted by molar-refractivity contribution is 6.46. The minimum absolute atomic E-state index is 0.145. The summed E-state index contributed by atoms with van der Waals surface area (Å²) in [6.07, 6.45) is 0.576. The van der Waals surface area contributed by atoms with Crippen LogP contribution in [0.4, 0.5) is 5.69 Å². The number of aliphatic hydroxyl groups excluding tert-OH is 1. The van der Waals surface area contributed by atoms with Gasteiger partial charge in [-0.1, -0.05) is 23.7 Å². The Morgan fingerprint density at radius 2 is 1.94 bits per heavy atom. The van der Waals surface area contributed by atoms with Gasteiger partial charge in [0, 0.05) is 43.9 Å². The fourth-order valence-corrected chi connectivity index (χ4v) is 4.78. The monoisotopic (exact) mass is 515 g/mol.